The lowest BCUT2D eigenvalue weighted by atomic mass is 9.97. The molecule has 1 atom stereocenters. The van der Waals surface area contributed by atoms with Crippen molar-refractivity contribution in [3.63, 3.8) is 0 Å². The summed E-state index contributed by atoms with van der Waals surface area (Å²) >= 11 is 5.68. The third kappa shape index (κ3) is 4.53. The van der Waals surface area contributed by atoms with Crippen molar-refractivity contribution in [3.8, 4) is 0 Å². The van der Waals surface area contributed by atoms with Crippen LogP contribution in [0.25, 0.3) is 0 Å². The van der Waals surface area contributed by atoms with Gasteiger partial charge in [0.05, 0.1) is 6.04 Å². The molecule has 21 heavy (non-hydrogen) atoms. The maximum Gasteiger partial charge on any atom is 0.272 e. The van der Waals surface area contributed by atoms with Crippen molar-refractivity contribution in [3.05, 3.63) is 58.9 Å². The third-order valence-corrected chi connectivity index (χ3v) is 3.28. The van der Waals surface area contributed by atoms with E-state index in [0.29, 0.717) is 5.92 Å². The van der Waals surface area contributed by atoms with Crippen molar-refractivity contribution in [2.24, 2.45) is 5.92 Å². The second-order valence-electron chi connectivity index (χ2n) is 5.31. The van der Waals surface area contributed by atoms with Gasteiger partial charge in [-0.3, -0.25) is 4.79 Å². The molecule has 0 saturated heterocycles. The minimum atomic E-state index is -0.242. The van der Waals surface area contributed by atoms with Gasteiger partial charge in [-0.25, -0.2) is 0 Å². The number of rotatable bonds is 5. The number of hydrogen-bond acceptors (Lipinski definition) is 3. The highest BCUT2D eigenvalue weighted by atomic mass is 35.5. The topological polar surface area (TPSA) is 54.9 Å². The predicted molar refractivity (Wildman–Crippen MR) is 83.1 cm³/mol. The minimum Gasteiger partial charge on any atom is -0.344 e. The number of nitrogens with zero attached hydrogens (tertiary/aromatic N) is 2. The Morgan fingerprint density at radius 2 is 1.86 bits per heavy atom. The van der Waals surface area contributed by atoms with Gasteiger partial charge in [-0.15, -0.1) is 10.2 Å². The molecule has 1 N–H and O–H groups in total. The van der Waals surface area contributed by atoms with E-state index in [2.05, 4.69) is 29.4 Å². The highest BCUT2D eigenvalue weighted by molar-refractivity contribution is 6.29. The second-order valence-corrected chi connectivity index (χ2v) is 5.69. The average molecular weight is 304 g/mol. The molecule has 0 saturated carbocycles. The fourth-order valence-corrected chi connectivity index (χ4v) is 2.21. The largest absolute Gasteiger partial charge is 0.344 e. The Balaban J connectivity index is 2.15. The van der Waals surface area contributed by atoms with Crippen molar-refractivity contribution in [2.75, 3.05) is 0 Å². The van der Waals surface area contributed by atoms with Gasteiger partial charge in [0.15, 0.2) is 10.8 Å². The highest BCUT2D eigenvalue weighted by Crippen LogP contribution is 2.21. The first-order valence-corrected chi connectivity index (χ1v) is 7.29. The van der Waals surface area contributed by atoms with Crippen molar-refractivity contribution in [2.45, 2.75) is 26.3 Å². The van der Waals surface area contributed by atoms with Crippen LogP contribution < -0.4 is 5.32 Å². The lowest BCUT2D eigenvalue weighted by molar-refractivity contribution is 0.0926. The molecule has 110 valence electrons. The fraction of sp³-hybridized carbons (Fsp3) is 0.312. The fourth-order valence-electron chi connectivity index (χ4n) is 2.10. The number of nitrogens with one attached hydrogen (secondary N) is 1. The Labute approximate surface area is 129 Å². The average Bonchev–Trinajstić information content (AvgIpc) is 2.47. The first-order chi connectivity index (χ1) is 10.1. The molecule has 5 heteroatoms. The molecule has 0 aliphatic rings. The molecule has 4 nitrogen and oxygen atoms in total. The van der Waals surface area contributed by atoms with Crippen LogP contribution in [0.3, 0.4) is 0 Å². The summed E-state index contributed by atoms with van der Waals surface area (Å²) in [4.78, 5) is 12.3. The van der Waals surface area contributed by atoms with Gasteiger partial charge >= 0.3 is 0 Å². The third-order valence-electron chi connectivity index (χ3n) is 3.08. The van der Waals surface area contributed by atoms with Crippen molar-refractivity contribution < 1.29 is 4.79 Å². The Hall–Kier alpha value is -1.94. The number of aromatic nitrogens is 2. The van der Waals surface area contributed by atoms with Crippen LogP contribution in [0.5, 0.6) is 0 Å². The van der Waals surface area contributed by atoms with Crippen molar-refractivity contribution in [1.29, 1.82) is 0 Å². The number of halogens is 1. The summed E-state index contributed by atoms with van der Waals surface area (Å²) in [6.45, 7) is 4.26. The zero-order valence-corrected chi connectivity index (χ0v) is 12.8. The van der Waals surface area contributed by atoms with Crippen LogP contribution in [0, 0.1) is 5.92 Å². The SMILES string of the molecule is CC(C)CC(NC(=O)c1ccc(Cl)nn1)c1ccccc1. The quantitative estimate of drug-likeness (QED) is 0.917. The Morgan fingerprint density at radius 3 is 2.43 bits per heavy atom. The summed E-state index contributed by atoms with van der Waals surface area (Å²) in [5.74, 6) is 0.223. The molecule has 1 heterocycles. The number of carbonyl (C=O) groups is 1. The van der Waals surface area contributed by atoms with Crippen LogP contribution in [-0.2, 0) is 0 Å². The van der Waals surface area contributed by atoms with Gasteiger partial charge in [-0.2, -0.15) is 0 Å². The van der Waals surface area contributed by atoms with Gasteiger partial charge in [0, 0.05) is 0 Å². The number of benzene rings is 1. The number of carbonyl (C=O) groups excluding carboxylic acids is 1. The molecule has 0 aliphatic heterocycles. The van der Waals surface area contributed by atoms with E-state index in [9.17, 15) is 4.79 Å². The van der Waals surface area contributed by atoms with Gasteiger partial charge in [0.1, 0.15) is 0 Å². The summed E-state index contributed by atoms with van der Waals surface area (Å²) in [5, 5.41) is 10.8. The van der Waals surface area contributed by atoms with Crippen LogP contribution in [-0.4, -0.2) is 16.1 Å². The first-order valence-electron chi connectivity index (χ1n) is 6.91. The molecule has 0 bridgehead atoms. The van der Waals surface area contributed by atoms with E-state index in [4.69, 9.17) is 11.6 Å². The zero-order chi connectivity index (χ0) is 15.2. The zero-order valence-electron chi connectivity index (χ0n) is 12.1. The van der Waals surface area contributed by atoms with Crippen LogP contribution in [0.1, 0.15) is 42.4 Å². The number of hydrogen-bond donors (Lipinski definition) is 1. The molecule has 1 aromatic heterocycles. The van der Waals surface area contributed by atoms with Gasteiger partial charge in [-0.05, 0) is 30.0 Å². The van der Waals surface area contributed by atoms with E-state index in [1.165, 1.54) is 0 Å². The standard InChI is InChI=1S/C16H18ClN3O/c1-11(2)10-14(12-6-4-3-5-7-12)18-16(21)13-8-9-15(17)20-19-13/h3-9,11,14H,10H2,1-2H3,(H,18,21). The van der Waals surface area contributed by atoms with Gasteiger partial charge in [0.2, 0.25) is 0 Å². The van der Waals surface area contributed by atoms with Crippen LogP contribution >= 0.6 is 11.6 Å². The smallest absolute Gasteiger partial charge is 0.272 e. The molecule has 1 aromatic carbocycles. The van der Waals surface area contributed by atoms with E-state index in [1.807, 2.05) is 30.3 Å². The second kappa shape index (κ2) is 7.18. The molecular formula is C16H18ClN3O. The van der Waals surface area contributed by atoms with E-state index < -0.39 is 0 Å². The molecule has 2 rings (SSSR count). The summed E-state index contributed by atoms with van der Waals surface area (Å²) in [7, 11) is 0. The highest BCUT2D eigenvalue weighted by Gasteiger charge is 2.18. The van der Waals surface area contributed by atoms with E-state index >= 15 is 0 Å². The van der Waals surface area contributed by atoms with Crippen LogP contribution in [0.15, 0.2) is 42.5 Å². The summed E-state index contributed by atoms with van der Waals surface area (Å²) in [6, 6.07) is 13.0. The lowest BCUT2D eigenvalue weighted by Crippen LogP contribution is -2.30. The molecule has 0 aliphatic carbocycles. The molecule has 0 radical (unpaired) electrons. The maximum atomic E-state index is 12.3. The molecule has 0 spiro atoms. The summed E-state index contributed by atoms with van der Waals surface area (Å²) < 4.78 is 0. The molecule has 2 aromatic rings. The molecule has 1 amide bonds. The maximum absolute atomic E-state index is 12.3. The van der Waals surface area contributed by atoms with Gasteiger partial charge in [-0.1, -0.05) is 55.8 Å². The van der Waals surface area contributed by atoms with E-state index in [-0.39, 0.29) is 22.8 Å². The predicted octanol–water partition coefficient (Wildman–Crippen LogP) is 3.65. The van der Waals surface area contributed by atoms with Crippen molar-refractivity contribution >= 4 is 17.5 Å². The molecule has 0 fully saturated rings. The van der Waals surface area contributed by atoms with E-state index in [0.717, 1.165) is 12.0 Å². The Bertz CT molecular complexity index is 584. The van der Waals surface area contributed by atoms with E-state index in [1.54, 1.807) is 12.1 Å². The van der Waals surface area contributed by atoms with Crippen LogP contribution in [0.2, 0.25) is 5.15 Å². The van der Waals surface area contributed by atoms with Crippen molar-refractivity contribution in [1.82, 2.24) is 15.5 Å². The Kier molecular flexibility index (Phi) is 5.28. The van der Waals surface area contributed by atoms with Gasteiger partial charge in [0.25, 0.3) is 5.91 Å². The first kappa shape index (κ1) is 15.4. The monoisotopic (exact) mass is 303 g/mol. The minimum absolute atomic E-state index is 0.0452. The summed E-state index contributed by atoms with van der Waals surface area (Å²) in [6.07, 6.45) is 0.858. The van der Waals surface area contributed by atoms with Gasteiger partial charge < -0.3 is 5.32 Å². The summed E-state index contributed by atoms with van der Waals surface area (Å²) in [5.41, 5.74) is 1.35. The van der Waals surface area contributed by atoms with Crippen LogP contribution in [0.4, 0.5) is 0 Å². The normalized spacial score (nSPS) is 12.2. The number of amides is 1. The molecular weight excluding hydrogens is 286 g/mol. The molecule has 1 unspecified atom stereocenters. The lowest BCUT2D eigenvalue weighted by Gasteiger charge is -2.20. The Morgan fingerprint density at radius 1 is 1.14 bits per heavy atom.